The number of halogens is 2. The molecule has 0 aromatic heterocycles. The van der Waals surface area contributed by atoms with Crippen molar-refractivity contribution in [3.63, 3.8) is 0 Å². The van der Waals surface area contributed by atoms with Crippen LogP contribution in [-0.4, -0.2) is 32.7 Å². The van der Waals surface area contributed by atoms with E-state index in [1.165, 1.54) is 14.2 Å². The lowest BCUT2D eigenvalue weighted by molar-refractivity contribution is -0.119. The molecule has 0 unspecified atom stereocenters. The van der Waals surface area contributed by atoms with Crippen molar-refractivity contribution >= 4 is 17.6 Å². The molecule has 8 heteroatoms. The number of carbonyl (C=O) groups is 2. The number of methoxy groups -OCH3 is 2. The maximum Gasteiger partial charge on any atom is 0.338 e. The first-order chi connectivity index (χ1) is 11.9. The SMILES string of the molecule is COc1ccc(NC(=O)COC(=O)c2ccc(F)c(F)c2)c(OC)c1. The van der Waals surface area contributed by atoms with Crippen molar-refractivity contribution in [3.8, 4) is 11.5 Å². The van der Waals surface area contributed by atoms with Crippen LogP contribution in [0.1, 0.15) is 10.4 Å². The maximum absolute atomic E-state index is 13.1. The summed E-state index contributed by atoms with van der Waals surface area (Å²) in [7, 11) is 2.91. The van der Waals surface area contributed by atoms with Crippen LogP contribution in [0.25, 0.3) is 0 Å². The van der Waals surface area contributed by atoms with Crippen molar-refractivity contribution in [3.05, 3.63) is 53.6 Å². The van der Waals surface area contributed by atoms with E-state index in [9.17, 15) is 18.4 Å². The van der Waals surface area contributed by atoms with Gasteiger partial charge in [0.1, 0.15) is 11.5 Å². The van der Waals surface area contributed by atoms with Gasteiger partial charge in [-0.2, -0.15) is 0 Å². The third kappa shape index (κ3) is 4.66. The highest BCUT2D eigenvalue weighted by Crippen LogP contribution is 2.28. The van der Waals surface area contributed by atoms with Crippen molar-refractivity contribution in [2.75, 3.05) is 26.1 Å². The summed E-state index contributed by atoms with van der Waals surface area (Å²) in [5.41, 5.74) is 0.158. The molecule has 6 nitrogen and oxygen atoms in total. The summed E-state index contributed by atoms with van der Waals surface area (Å²) >= 11 is 0. The molecule has 0 fully saturated rings. The van der Waals surface area contributed by atoms with Gasteiger partial charge in [0, 0.05) is 6.07 Å². The minimum absolute atomic E-state index is 0.200. The van der Waals surface area contributed by atoms with Crippen LogP contribution in [0, 0.1) is 11.6 Å². The van der Waals surface area contributed by atoms with Gasteiger partial charge in [0.15, 0.2) is 18.2 Å². The van der Waals surface area contributed by atoms with Crippen LogP contribution < -0.4 is 14.8 Å². The molecule has 0 atom stereocenters. The number of benzene rings is 2. The normalized spacial score (nSPS) is 10.1. The molecule has 2 aromatic carbocycles. The number of anilines is 1. The fourth-order valence-electron chi connectivity index (χ4n) is 1.93. The first-order valence-electron chi connectivity index (χ1n) is 7.08. The van der Waals surface area contributed by atoms with Gasteiger partial charge in [-0.15, -0.1) is 0 Å². The number of hydrogen-bond donors (Lipinski definition) is 1. The van der Waals surface area contributed by atoms with Crippen molar-refractivity contribution in [2.45, 2.75) is 0 Å². The third-order valence-corrected chi connectivity index (χ3v) is 3.17. The van der Waals surface area contributed by atoms with Gasteiger partial charge in [0.25, 0.3) is 5.91 Å². The largest absolute Gasteiger partial charge is 0.497 e. The van der Waals surface area contributed by atoms with Crippen molar-refractivity contribution in [1.82, 2.24) is 0 Å². The van der Waals surface area contributed by atoms with Gasteiger partial charge >= 0.3 is 5.97 Å². The van der Waals surface area contributed by atoms with Gasteiger partial charge in [-0.05, 0) is 30.3 Å². The van der Waals surface area contributed by atoms with E-state index in [1.54, 1.807) is 18.2 Å². The molecule has 0 radical (unpaired) electrons. The van der Waals surface area contributed by atoms with E-state index in [2.05, 4.69) is 5.32 Å². The number of nitrogens with one attached hydrogen (secondary N) is 1. The van der Waals surface area contributed by atoms with Gasteiger partial charge in [0.05, 0.1) is 25.5 Å². The van der Waals surface area contributed by atoms with Gasteiger partial charge < -0.3 is 19.5 Å². The highest BCUT2D eigenvalue weighted by atomic mass is 19.2. The quantitative estimate of drug-likeness (QED) is 0.810. The Morgan fingerprint density at radius 3 is 2.40 bits per heavy atom. The van der Waals surface area contributed by atoms with Crippen LogP contribution >= 0.6 is 0 Å². The summed E-state index contributed by atoms with van der Waals surface area (Å²) in [5.74, 6) is -2.93. The first-order valence-corrected chi connectivity index (χ1v) is 7.08. The minimum atomic E-state index is -1.18. The highest BCUT2D eigenvalue weighted by Gasteiger charge is 2.14. The minimum Gasteiger partial charge on any atom is -0.497 e. The number of esters is 1. The van der Waals surface area contributed by atoms with E-state index in [0.717, 1.165) is 12.1 Å². The summed E-state index contributed by atoms with van der Waals surface area (Å²) in [6.07, 6.45) is 0. The molecule has 0 aliphatic heterocycles. The smallest absolute Gasteiger partial charge is 0.338 e. The molecule has 0 aliphatic carbocycles. The van der Waals surface area contributed by atoms with E-state index in [-0.39, 0.29) is 5.56 Å². The first kappa shape index (κ1) is 18.2. The molecule has 2 rings (SSSR count). The molecular weight excluding hydrogens is 336 g/mol. The lowest BCUT2D eigenvalue weighted by Crippen LogP contribution is -2.21. The molecule has 0 bridgehead atoms. The zero-order valence-electron chi connectivity index (χ0n) is 13.5. The lowest BCUT2D eigenvalue weighted by atomic mass is 10.2. The molecule has 132 valence electrons. The number of amides is 1. The number of carbonyl (C=O) groups excluding carboxylic acids is 2. The van der Waals surface area contributed by atoms with E-state index in [1.807, 2.05) is 0 Å². The second-order valence-corrected chi connectivity index (χ2v) is 4.82. The molecule has 25 heavy (non-hydrogen) atoms. The maximum atomic E-state index is 13.1. The van der Waals surface area contributed by atoms with Crippen LogP contribution in [0.5, 0.6) is 11.5 Å². The number of hydrogen-bond acceptors (Lipinski definition) is 5. The second-order valence-electron chi connectivity index (χ2n) is 4.82. The van der Waals surface area contributed by atoms with Gasteiger partial charge in [-0.1, -0.05) is 0 Å². The summed E-state index contributed by atoms with van der Waals surface area (Å²) in [6.45, 7) is -0.604. The second kappa shape index (κ2) is 8.09. The van der Waals surface area contributed by atoms with Crippen LogP contribution in [0.4, 0.5) is 14.5 Å². The molecule has 0 saturated heterocycles. The summed E-state index contributed by atoms with van der Waals surface area (Å²) in [5, 5.41) is 2.51. The molecule has 0 aliphatic rings. The fraction of sp³-hybridized carbons (Fsp3) is 0.176. The van der Waals surface area contributed by atoms with Crippen LogP contribution in [-0.2, 0) is 9.53 Å². The summed E-state index contributed by atoms with van der Waals surface area (Å²) < 4.78 is 40.9. The zero-order chi connectivity index (χ0) is 18.4. The Bertz CT molecular complexity index is 795. The molecule has 1 N–H and O–H groups in total. The highest BCUT2D eigenvalue weighted by molar-refractivity contribution is 5.96. The van der Waals surface area contributed by atoms with E-state index >= 15 is 0 Å². The van der Waals surface area contributed by atoms with Crippen molar-refractivity contribution in [2.24, 2.45) is 0 Å². The Kier molecular flexibility index (Phi) is 5.89. The number of rotatable bonds is 6. The molecule has 2 aromatic rings. The van der Waals surface area contributed by atoms with E-state index in [0.29, 0.717) is 23.3 Å². The Balaban J connectivity index is 1.96. The average Bonchev–Trinajstić information content (AvgIpc) is 2.62. The molecule has 1 amide bonds. The van der Waals surface area contributed by atoms with Crippen LogP contribution in [0.15, 0.2) is 36.4 Å². The van der Waals surface area contributed by atoms with E-state index < -0.39 is 30.1 Å². The third-order valence-electron chi connectivity index (χ3n) is 3.17. The fourth-order valence-corrected chi connectivity index (χ4v) is 1.93. The standard InChI is InChI=1S/C17H15F2NO5/c1-23-11-4-6-14(15(8-11)24-2)20-16(21)9-25-17(22)10-3-5-12(18)13(19)7-10/h3-8H,9H2,1-2H3,(H,20,21). The summed E-state index contributed by atoms with van der Waals surface area (Å²) in [4.78, 5) is 23.6. The Morgan fingerprint density at radius 1 is 1.00 bits per heavy atom. The van der Waals surface area contributed by atoms with Gasteiger partial charge in [-0.3, -0.25) is 4.79 Å². The Labute approximate surface area is 142 Å². The predicted octanol–water partition coefficient (Wildman–Crippen LogP) is 2.78. The molecule has 0 saturated carbocycles. The Morgan fingerprint density at radius 2 is 1.76 bits per heavy atom. The van der Waals surface area contributed by atoms with E-state index in [4.69, 9.17) is 14.2 Å². The monoisotopic (exact) mass is 351 g/mol. The Hall–Kier alpha value is -3.16. The van der Waals surface area contributed by atoms with Gasteiger partial charge in [0.2, 0.25) is 0 Å². The average molecular weight is 351 g/mol. The van der Waals surface area contributed by atoms with Crippen LogP contribution in [0.3, 0.4) is 0 Å². The summed E-state index contributed by atoms with van der Waals surface area (Å²) in [6, 6.07) is 7.31. The topological polar surface area (TPSA) is 73.9 Å². The lowest BCUT2D eigenvalue weighted by Gasteiger charge is -2.11. The molecule has 0 heterocycles. The molecule has 0 spiro atoms. The molecular formula is C17H15F2NO5. The zero-order valence-corrected chi connectivity index (χ0v) is 13.5. The predicted molar refractivity (Wildman–Crippen MR) is 84.8 cm³/mol. The van der Waals surface area contributed by atoms with Crippen molar-refractivity contribution < 1.29 is 32.6 Å². The van der Waals surface area contributed by atoms with Crippen LogP contribution in [0.2, 0.25) is 0 Å². The number of ether oxygens (including phenoxy) is 3. The van der Waals surface area contributed by atoms with Crippen molar-refractivity contribution in [1.29, 1.82) is 0 Å². The van der Waals surface area contributed by atoms with Gasteiger partial charge in [-0.25, -0.2) is 13.6 Å².